The number of hydrogen-bond acceptors (Lipinski definition) is 7. The summed E-state index contributed by atoms with van der Waals surface area (Å²) < 4.78 is 2.16. The van der Waals surface area contributed by atoms with Crippen LogP contribution < -0.4 is 10.6 Å². The molecule has 1 aliphatic carbocycles. The topological polar surface area (TPSA) is 105 Å². The number of likely N-dealkylation sites (tertiary alicyclic amines) is 1. The molecule has 4 heterocycles. The number of benzene rings is 1. The third-order valence-electron chi connectivity index (χ3n) is 7.45. The lowest BCUT2D eigenvalue weighted by atomic mass is 9.65. The Bertz CT molecular complexity index is 1520. The van der Waals surface area contributed by atoms with E-state index in [-0.39, 0.29) is 23.3 Å². The Balaban J connectivity index is 1.23. The van der Waals surface area contributed by atoms with Gasteiger partial charge in [0, 0.05) is 32.2 Å². The monoisotopic (exact) mass is 513 g/mol. The van der Waals surface area contributed by atoms with Gasteiger partial charge in [0.05, 0.1) is 26.5 Å². The zero-order chi connectivity index (χ0) is 25.6. The number of fused-ring (bicyclic) bond motifs is 1. The molecule has 1 aromatic carbocycles. The molecule has 2 aliphatic rings. The van der Waals surface area contributed by atoms with Crippen LogP contribution >= 0.6 is 11.3 Å². The van der Waals surface area contributed by atoms with Crippen molar-refractivity contribution in [1.29, 1.82) is 0 Å². The molecule has 0 radical (unpaired) electrons. The normalized spacial score (nSPS) is 20.7. The summed E-state index contributed by atoms with van der Waals surface area (Å²) in [6.45, 7) is 5.16. The zero-order valence-electron chi connectivity index (χ0n) is 20.5. The predicted octanol–water partition coefficient (Wildman–Crippen LogP) is 4.59. The number of hydrogen-bond donors (Lipinski definition) is 2. The highest BCUT2D eigenvalue weighted by Gasteiger charge is 2.50. The van der Waals surface area contributed by atoms with Crippen LogP contribution in [0.25, 0.3) is 21.6 Å². The molecule has 2 N–H and O–H groups in total. The first-order chi connectivity index (χ1) is 18.0. The molecule has 37 heavy (non-hydrogen) atoms. The van der Waals surface area contributed by atoms with Crippen molar-refractivity contribution >= 4 is 46.0 Å². The van der Waals surface area contributed by atoms with Gasteiger partial charge in [-0.25, -0.2) is 15.0 Å². The average molecular weight is 514 g/mol. The third kappa shape index (κ3) is 4.17. The molecule has 1 saturated carbocycles. The van der Waals surface area contributed by atoms with E-state index >= 15 is 0 Å². The number of aromatic nitrogens is 4. The van der Waals surface area contributed by atoms with Crippen LogP contribution in [0.5, 0.6) is 0 Å². The number of rotatable bonds is 6. The van der Waals surface area contributed by atoms with Crippen molar-refractivity contribution in [3.8, 4) is 10.6 Å². The van der Waals surface area contributed by atoms with Crippen LogP contribution in [0, 0.1) is 5.41 Å². The highest BCUT2D eigenvalue weighted by Crippen LogP contribution is 2.55. The van der Waals surface area contributed by atoms with Gasteiger partial charge in [0.2, 0.25) is 11.9 Å². The molecule has 0 unspecified atom stereocenters. The summed E-state index contributed by atoms with van der Waals surface area (Å²) in [4.78, 5) is 42.0. The molecular formula is C27H27N7O2S. The maximum Gasteiger partial charge on any atom is 0.268 e. The summed E-state index contributed by atoms with van der Waals surface area (Å²) in [6, 6.07) is 13.7. The third-order valence-corrected chi connectivity index (χ3v) is 8.56. The van der Waals surface area contributed by atoms with E-state index in [1.165, 1.54) is 23.7 Å². The van der Waals surface area contributed by atoms with E-state index in [0.717, 1.165) is 59.8 Å². The van der Waals surface area contributed by atoms with Gasteiger partial charge in [-0.2, -0.15) is 0 Å². The van der Waals surface area contributed by atoms with E-state index in [2.05, 4.69) is 31.7 Å². The summed E-state index contributed by atoms with van der Waals surface area (Å²) in [5.74, 6) is 1.07. The number of imidazole rings is 1. The summed E-state index contributed by atoms with van der Waals surface area (Å²) in [5, 5.41) is 6.08. The fourth-order valence-electron chi connectivity index (χ4n) is 5.60. The Labute approximate surface area is 218 Å². The van der Waals surface area contributed by atoms with E-state index in [4.69, 9.17) is 4.98 Å². The van der Waals surface area contributed by atoms with E-state index in [1.807, 2.05) is 47.4 Å². The Morgan fingerprint density at radius 1 is 1.19 bits per heavy atom. The van der Waals surface area contributed by atoms with Gasteiger partial charge in [0.15, 0.2) is 0 Å². The second kappa shape index (κ2) is 9.11. The van der Waals surface area contributed by atoms with Crippen LogP contribution in [0.1, 0.15) is 35.0 Å². The van der Waals surface area contributed by atoms with Crippen molar-refractivity contribution < 1.29 is 9.59 Å². The minimum Gasteiger partial charge on any atom is -0.373 e. The maximum absolute atomic E-state index is 13.3. The highest BCUT2D eigenvalue weighted by atomic mass is 32.1. The van der Waals surface area contributed by atoms with E-state index in [9.17, 15) is 9.59 Å². The molecule has 4 aromatic rings. The molecule has 0 atom stereocenters. The molecule has 188 valence electrons. The lowest BCUT2D eigenvalue weighted by molar-refractivity contribution is -0.125. The Morgan fingerprint density at radius 2 is 2.03 bits per heavy atom. The van der Waals surface area contributed by atoms with E-state index in [0.29, 0.717) is 10.8 Å². The van der Waals surface area contributed by atoms with Crippen molar-refractivity contribution in [2.75, 3.05) is 30.8 Å². The number of anilines is 2. The Morgan fingerprint density at radius 3 is 2.84 bits per heavy atom. The second-order valence-electron chi connectivity index (χ2n) is 9.73. The van der Waals surface area contributed by atoms with Gasteiger partial charge in [-0.05, 0) is 55.0 Å². The average Bonchev–Trinajstić information content (AvgIpc) is 3.64. The maximum atomic E-state index is 13.3. The standard InChI is InChI=1S/C27H27N7O2S/c1-3-24(35)33-11-10-27(15-33)13-17(14-27)34-20-7-5-4-6-18(20)31-26(34)32-25(36)22-9-8-21(37-22)19-12-23(28-2)30-16-29-19/h3-9,12,16-17H,1,10-11,13-15H2,2H3,(H,28,29,30)(H,31,32,36)/t17-,27-. The molecule has 9 nitrogen and oxygen atoms in total. The number of nitrogens with zero attached hydrogens (tertiary/aromatic N) is 5. The Hall–Kier alpha value is -4.05. The zero-order valence-corrected chi connectivity index (χ0v) is 21.3. The summed E-state index contributed by atoms with van der Waals surface area (Å²) in [7, 11) is 1.80. The van der Waals surface area contributed by atoms with Crippen LogP contribution in [-0.4, -0.2) is 56.4 Å². The van der Waals surface area contributed by atoms with Crippen molar-refractivity contribution in [2.24, 2.45) is 5.41 Å². The van der Waals surface area contributed by atoms with Crippen LogP contribution in [0.15, 0.2) is 61.4 Å². The summed E-state index contributed by atoms with van der Waals surface area (Å²) in [6.07, 6.45) is 5.79. The second-order valence-corrected chi connectivity index (χ2v) is 10.8. The number of para-hydroxylation sites is 2. The highest BCUT2D eigenvalue weighted by molar-refractivity contribution is 7.17. The first kappa shape index (κ1) is 23.4. The van der Waals surface area contributed by atoms with E-state index < -0.39 is 0 Å². The molecule has 2 amide bonds. The molecule has 0 bridgehead atoms. The lowest BCUT2D eigenvalue weighted by Crippen LogP contribution is -2.42. The van der Waals surface area contributed by atoms with Gasteiger partial charge in [-0.15, -0.1) is 11.3 Å². The smallest absolute Gasteiger partial charge is 0.268 e. The quantitative estimate of drug-likeness (QED) is 0.366. The van der Waals surface area contributed by atoms with Gasteiger partial charge >= 0.3 is 0 Å². The summed E-state index contributed by atoms with van der Waals surface area (Å²) in [5.41, 5.74) is 2.74. The van der Waals surface area contributed by atoms with Gasteiger partial charge < -0.3 is 14.8 Å². The molecule has 1 spiro atoms. The van der Waals surface area contributed by atoms with Crippen LogP contribution in [-0.2, 0) is 4.79 Å². The van der Waals surface area contributed by atoms with E-state index in [1.54, 1.807) is 7.05 Å². The first-order valence-corrected chi connectivity index (χ1v) is 13.1. The van der Waals surface area contributed by atoms with Crippen molar-refractivity contribution in [3.63, 3.8) is 0 Å². The minimum absolute atomic E-state index is 0.000761. The van der Waals surface area contributed by atoms with Gasteiger partial charge in [0.25, 0.3) is 5.91 Å². The molecule has 1 aliphatic heterocycles. The van der Waals surface area contributed by atoms with Crippen molar-refractivity contribution in [3.05, 3.63) is 66.3 Å². The number of carbonyl (C=O) groups is 2. The minimum atomic E-state index is -0.201. The Kier molecular flexibility index (Phi) is 5.75. The molecule has 1 saturated heterocycles. The molecule has 10 heteroatoms. The summed E-state index contributed by atoms with van der Waals surface area (Å²) >= 11 is 1.38. The van der Waals surface area contributed by atoms with Gasteiger partial charge in [-0.3, -0.25) is 14.9 Å². The van der Waals surface area contributed by atoms with Crippen LogP contribution in [0.2, 0.25) is 0 Å². The molecule has 2 fully saturated rings. The van der Waals surface area contributed by atoms with Crippen LogP contribution in [0.4, 0.5) is 11.8 Å². The number of nitrogens with one attached hydrogen (secondary N) is 2. The molecular weight excluding hydrogens is 486 g/mol. The van der Waals surface area contributed by atoms with Crippen molar-refractivity contribution in [2.45, 2.75) is 25.3 Å². The number of carbonyl (C=O) groups excluding carboxylic acids is 2. The van der Waals surface area contributed by atoms with Crippen LogP contribution in [0.3, 0.4) is 0 Å². The number of thiophene rings is 1. The lowest BCUT2D eigenvalue weighted by Gasteiger charge is -2.46. The SMILES string of the molecule is C=CC(=O)N1CC[C@]2(C1)C[C@H](n1c(NC(=O)c3ccc(-c4cc(NC)ncn4)s3)nc3ccccc31)C2. The van der Waals surface area contributed by atoms with Crippen molar-refractivity contribution in [1.82, 2.24) is 24.4 Å². The molecule has 3 aromatic heterocycles. The predicted molar refractivity (Wildman–Crippen MR) is 145 cm³/mol. The van der Waals surface area contributed by atoms with Gasteiger partial charge in [-0.1, -0.05) is 18.7 Å². The largest absolute Gasteiger partial charge is 0.373 e. The first-order valence-electron chi connectivity index (χ1n) is 12.3. The van der Waals surface area contributed by atoms with Gasteiger partial charge in [0.1, 0.15) is 12.1 Å². The fraction of sp³-hybridized carbons (Fsp3) is 0.296. The fourth-order valence-corrected chi connectivity index (χ4v) is 6.47. The molecule has 6 rings (SSSR count). The number of amides is 2.